The number of aryl methyl sites for hydroxylation is 1. The average molecular weight is 284 g/mol. The summed E-state index contributed by atoms with van der Waals surface area (Å²) in [5.74, 6) is 0.912. The molecule has 0 spiro atoms. The standard InChI is InChI=1S/C11H14BrN3O/c1-8-5-9(12)11(14-6-8)15-4-2-3-13-10(16)7-15/h5-6H,2-4,7H2,1H3,(H,13,16). The molecule has 86 valence electrons. The molecule has 2 heterocycles. The Morgan fingerprint density at radius 1 is 1.56 bits per heavy atom. The molecule has 4 nitrogen and oxygen atoms in total. The number of aromatic nitrogens is 1. The van der Waals surface area contributed by atoms with E-state index in [0.717, 1.165) is 35.4 Å². The number of carbonyl (C=O) groups excluding carboxylic acids is 1. The SMILES string of the molecule is Cc1cnc(N2CCCNC(=O)C2)c(Br)c1. The van der Waals surface area contributed by atoms with E-state index in [-0.39, 0.29) is 5.91 Å². The number of carbonyl (C=O) groups is 1. The van der Waals surface area contributed by atoms with Gasteiger partial charge in [0.1, 0.15) is 5.82 Å². The van der Waals surface area contributed by atoms with Gasteiger partial charge in [-0.05, 0) is 40.9 Å². The number of hydrogen-bond acceptors (Lipinski definition) is 3. The molecule has 0 bridgehead atoms. The van der Waals surface area contributed by atoms with Crippen LogP contribution >= 0.6 is 15.9 Å². The average Bonchev–Trinajstić information content (AvgIpc) is 2.43. The first-order chi connectivity index (χ1) is 7.66. The normalized spacial score (nSPS) is 16.9. The molecule has 5 heteroatoms. The maximum Gasteiger partial charge on any atom is 0.239 e. The van der Waals surface area contributed by atoms with E-state index in [0.29, 0.717) is 6.54 Å². The maximum atomic E-state index is 11.4. The first-order valence-electron chi connectivity index (χ1n) is 5.30. The van der Waals surface area contributed by atoms with E-state index >= 15 is 0 Å². The van der Waals surface area contributed by atoms with Gasteiger partial charge in [0.25, 0.3) is 0 Å². The Morgan fingerprint density at radius 2 is 2.38 bits per heavy atom. The summed E-state index contributed by atoms with van der Waals surface area (Å²) in [6.07, 6.45) is 2.77. The number of hydrogen-bond donors (Lipinski definition) is 1. The second-order valence-corrected chi connectivity index (χ2v) is 4.80. The lowest BCUT2D eigenvalue weighted by atomic mass is 10.3. The minimum absolute atomic E-state index is 0.0618. The van der Waals surface area contributed by atoms with Crippen molar-refractivity contribution >= 4 is 27.7 Å². The lowest BCUT2D eigenvalue weighted by Gasteiger charge is -2.21. The van der Waals surface area contributed by atoms with E-state index in [1.165, 1.54) is 0 Å². The van der Waals surface area contributed by atoms with Crippen molar-refractivity contribution in [1.82, 2.24) is 10.3 Å². The predicted octanol–water partition coefficient (Wildman–Crippen LogP) is 1.48. The molecule has 0 aromatic carbocycles. The summed E-state index contributed by atoms with van der Waals surface area (Å²) in [5, 5.41) is 2.85. The van der Waals surface area contributed by atoms with Gasteiger partial charge in [-0.25, -0.2) is 4.98 Å². The molecule has 0 atom stereocenters. The van der Waals surface area contributed by atoms with Crippen molar-refractivity contribution in [3.8, 4) is 0 Å². The lowest BCUT2D eigenvalue weighted by molar-refractivity contribution is -0.119. The van der Waals surface area contributed by atoms with E-state index in [2.05, 4.69) is 26.2 Å². The molecule has 2 rings (SSSR count). The molecule has 1 N–H and O–H groups in total. The summed E-state index contributed by atoms with van der Waals surface area (Å²) in [4.78, 5) is 17.8. The summed E-state index contributed by atoms with van der Waals surface area (Å²) in [6.45, 7) is 3.98. The monoisotopic (exact) mass is 283 g/mol. The van der Waals surface area contributed by atoms with E-state index in [9.17, 15) is 4.79 Å². The van der Waals surface area contributed by atoms with Gasteiger partial charge < -0.3 is 10.2 Å². The summed E-state index contributed by atoms with van der Waals surface area (Å²) in [6, 6.07) is 2.02. The van der Waals surface area contributed by atoms with Crippen molar-refractivity contribution in [3.05, 3.63) is 22.3 Å². The Bertz CT molecular complexity index is 408. The molecular weight excluding hydrogens is 270 g/mol. The van der Waals surface area contributed by atoms with Crippen LogP contribution < -0.4 is 10.2 Å². The maximum absolute atomic E-state index is 11.4. The smallest absolute Gasteiger partial charge is 0.239 e. The number of nitrogens with one attached hydrogen (secondary N) is 1. The van der Waals surface area contributed by atoms with Crippen LogP contribution in [0.2, 0.25) is 0 Å². The van der Waals surface area contributed by atoms with Crippen LogP contribution in [0.1, 0.15) is 12.0 Å². The third kappa shape index (κ3) is 2.52. The van der Waals surface area contributed by atoms with Gasteiger partial charge in [-0.3, -0.25) is 4.79 Å². The van der Waals surface area contributed by atoms with Gasteiger partial charge in [-0.1, -0.05) is 0 Å². The Hall–Kier alpha value is -1.10. The van der Waals surface area contributed by atoms with Gasteiger partial charge in [0.15, 0.2) is 0 Å². The van der Waals surface area contributed by atoms with Gasteiger partial charge in [0, 0.05) is 19.3 Å². The van der Waals surface area contributed by atoms with E-state index < -0.39 is 0 Å². The van der Waals surface area contributed by atoms with Crippen molar-refractivity contribution in [2.24, 2.45) is 0 Å². The van der Waals surface area contributed by atoms with Crippen LogP contribution in [0.15, 0.2) is 16.7 Å². The van der Waals surface area contributed by atoms with Crippen LogP contribution in [-0.4, -0.2) is 30.5 Å². The highest BCUT2D eigenvalue weighted by atomic mass is 79.9. The Labute approximate surface area is 103 Å². The molecular formula is C11H14BrN3O. The van der Waals surface area contributed by atoms with Gasteiger partial charge in [0.2, 0.25) is 5.91 Å². The highest BCUT2D eigenvalue weighted by Crippen LogP contribution is 2.24. The van der Waals surface area contributed by atoms with Crippen molar-refractivity contribution in [2.45, 2.75) is 13.3 Å². The molecule has 1 amide bonds. The molecule has 0 saturated carbocycles. The van der Waals surface area contributed by atoms with Crippen LogP contribution in [0.25, 0.3) is 0 Å². The van der Waals surface area contributed by atoms with Crippen molar-refractivity contribution in [3.63, 3.8) is 0 Å². The van der Waals surface area contributed by atoms with Crippen LogP contribution in [0.4, 0.5) is 5.82 Å². The number of anilines is 1. The summed E-state index contributed by atoms with van der Waals surface area (Å²) < 4.78 is 0.946. The fraction of sp³-hybridized carbons (Fsp3) is 0.455. The van der Waals surface area contributed by atoms with Crippen LogP contribution in [-0.2, 0) is 4.79 Å². The third-order valence-corrected chi connectivity index (χ3v) is 3.10. The summed E-state index contributed by atoms with van der Waals surface area (Å²) >= 11 is 3.49. The second kappa shape index (κ2) is 4.82. The number of rotatable bonds is 1. The van der Waals surface area contributed by atoms with E-state index in [4.69, 9.17) is 0 Å². The third-order valence-electron chi connectivity index (χ3n) is 2.52. The zero-order valence-electron chi connectivity index (χ0n) is 9.16. The first kappa shape index (κ1) is 11.4. The zero-order chi connectivity index (χ0) is 11.5. The fourth-order valence-corrected chi connectivity index (χ4v) is 2.46. The number of pyridine rings is 1. The van der Waals surface area contributed by atoms with Crippen molar-refractivity contribution in [2.75, 3.05) is 24.5 Å². The predicted molar refractivity (Wildman–Crippen MR) is 66.5 cm³/mol. The fourth-order valence-electron chi connectivity index (χ4n) is 1.75. The van der Waals surface area contributed by atoms with Gasteiger partial charge in [0.05, 0.1) is 11.0 Å². The first-order valence-corrected chi connectivity index (χ1v) is 6.10. The van der Waals surface area contributed by atoms with Crippen LogP contribution in [0.5, 0.6) is 0 Å². The topological polar surface area (TPSA) is 45.2 Å². The number of amides is 1. The molecule has 1 aromatic heterocycles. The van der Waals surface area contributed by atoms with Gasteiger partial charge in [-0.2, -0.15) is 0 Å². The summed E-state index contributed by atoms with van der Waals surface area (Å²) in [5.41, 5.74) is 1.11. The summed E-state index contributed by atoms with van der Waals surface area (Å²) in [7, 11) is 0. The minimum atomic E-state index is 0.0618. The highest BCUT2D eigenvalue weighted by Gasteiger charge is 2.17. The van der Waals surface area contributed by atoms with Gasteiger partial charge in [-0.15, -0.1) is 0 Å². The molecule has 16 heavy (non-hydrogen) atoms. The zero-order valence-corrected chi connectivity index (χ0v) is 10.7. The van der Waals surface area contributed by atoms with E-state index in [1.807, 2.05) is 24.1 Å². The lowest BCUT2D eigenvalue weighted by Crippen LogP contribution is -2.33. The Kier molecular flexibility index (Phi) is 3.43. The Morgan fingerprint density at radius 3 is 3.12 bits per heavy atom. The van der Waals surface area contributed by atoms with Gasteiger partial charge >= 0.3 is 0 Å². The van der Waals surface area contributed by atoms with Crippen molar-refractivity contribution < 1.29 is 4.79 Å². The quantitative estimate of drug-likeness (QED) is 0.849. The molecule has 1 aromatic rings. The number of nitrogens with zero attached hydrogens (tertiary/aromatic N) is 2. The number of halogens is 1. The molecule has 1 saturated heterocycles. The second-order valence-electron chi connectivity index (χ2n) is 3.94. The largest absolute Gasteiger partial charge is 0.354 e. The molecule has 1 aliphatic rings. The highest BCUT2D eigenvalue weighted by molar-refractivity contribution is 9.10. The van der Waals surface area contributed by atoms with Crippen LogP contribution in [0, 0.1) is 6.92 Å². The molecule has 0 aliphatic carbocycles. The molecule has 1 aliphatic heterocycles. The minimum Gasteiger partial charge on any atom is -0.354 e. The molecule has 0 radical (unpaired) electrons. The van der Waals surface area contributed by atoms with Crippen molar-refractivity contribution in [1.29, 1.82) is 0 Å². The van der Waals surface area contributed by atoms with E-state index in [1.54, 1.807) is 0 Å². The van der Waals surface area contributed by atoms with Crippen LogP contribution in [0.3, 0.4) is 0 Å². The molecule has 0 unspecified atom stereocenters. The Balaban J connectivity index is 2.24. The molecule has 1 fully saturated rings.